The maximum atomic E-state index is 14.0. The summed E-state index contributed by atoms with van der Waals surface area (Å²) in [6.45, 7) is 0.882. The van der Waals surface area contributed by atoms with Gasteiger partial charge in [0.2, 0.25) is 11.6 Å². The van der Waals surface area contributed by atoms with Crippen molar-refractivity contribution in [2.75, 3.05) is 13.2 Å². The molecule has 3 rings (SSSR count). The van der Waals surface area contributed by atoms with Crippen molar-refractivity contribution >= 4 is 12.6 Å². The standard InChI is InChI=1S/C16H20F2O2S/c17-14-13(20-9-10-3-5-12(21)6-4-10)8-11-2-1-7-19-16(11)15(14)18/h8,10,12,21H,1-7,9H2. The molecule has 2 aliphatic rings. The summed E-state index contributed by atoms with van der Waals surface area (Å²) in [4.78, 5) is 0. The first-order valence-electron chi connectivity index (χ1n) is 7.59. The largest absolute Gasteiger partial charge is 0.490 e. The number of benzene rings is 1. The lowest BCUT2D eigenvalue weighted by Gasteiger charge is -2.26. The fourth-order valence-corrected chi connectivity index (χ4v) is 3.34. The van der Waals surface area contributed by atoms with Crippen molar-refractivity contribution in [3.05, 3.63) is 23.3 Å². The number of ether oxygens (including phenoxy) is 2. The second-order valence-electron chi connectivity index (χ2n) is 5.93. The highest BCUT2D eigenvalue weighted by Gasteiger charge is 2.24. The van der Waals surface area contributed by atoms with E-state index in [4.69, 9.17) is 9.47 Å². The van der Waals surface area contributed by atoms with Gasteiger partial charge in [0.05, 0.1) is 13.2 Å². The normalized spacial score (nSPS) is 25.1. The smallest absolute Gasteiger partial charge is 0.204 e. The number of halogens is 2. The number of hydrogen-bond donors (Lipinski definition) is 1. The van der Waals surface area contributed by atoms with Gasteiger partial charge in [0.25, 0.3) is 0 Å². The summed E-state index contributed by atoms with van der Waals surface area (Å²) in [7, 11) is 0. The lowest BCUT2D eigenvalue weighted by atomic mass is 9.89. The number of hydrogen-bond acceptors (Lipinski definition) is 3. The first-order valence-corrected chi connectivity index (χ1v) is 8.11. The minimum atomic E-state index is -0.932. The maximum absolute atomic E-state index is 14.0. The van der Waals surface area contributed by atoms with Crippen molar-refractivity contribution in [2.24, 2.45) is 5.92 Å². The van der Waals surface area contributed by atoms with Crippen molar-refractivity contribution in [2.45, 2.75) is 43.8 Å². The lowest BCUT2D eigenvalue weighted by Crippen LogP contribution is -2.21. The summed E-state index contributed by atoms with van der Waals surface area (Å²) < 4.78 is 38.8. The third-order valence-corrected chi connectivity index (χ3v) is 4.85. The summed E-state index contributed by atoms with van der Waals surface area (Å²) in [5.41, 5.74) is 0.703. The summed E-state index contributed by atoms with van der Waals surface area (Å²) in [6.07, 6.45) is 5.72. The summed E-state index contributed by atoms with van der Waals surface area (Å²) in [5, 5.41) is 0.469. The van der Waals surface area contributed by atoms with Crippen molar-refractivity contribution in [1.29, 1.82) is 0 Å². The van der Waals surface area contributed by atoms with Gasteiger partial charge in [-0.15, -0.1) is 0 Å². The molecule has 1 heterocycles. The average molecular weight is 314 g/mol. The van der Waals surface area contributed by atoms with Crippen LogP contribution in [-0.4, -0.2) is 18.5 Å². The van der Waals surface area contributed by atoms with E-state index in [1.807, 2.05) is 0 Å². The molecule has 0 N–H and O–H groups in total. The summed E-state index contributed by atoms with van der Waals surface area (Å²) in [5.74, 6) is -1.37. The second kappa shape index (κ2) is 6.42. The Labute approximate surface area is 129 Å². The molecule has 0 atom stereocenters. The molecule has 0 amide bonds. The number of rotatable bonds is 3. The Bertz CT molecular complexity index is 513. The molecule has 0 bridgehead atoms. The predicted molar refractivity (Wildman–Crippen MR) is 80.4 cm³/mol. The van der Waals surface area contributed by atoms with E-state index in [9.17, 15) is 8.78 Å². The van der Waals surface area contributed by atoms with Crippen LogP contribution in [-0.2, 0) is 6.42 Å². The predicted octanol–water partition coefficient (Wildman–Crippen LogP) is 4.16. The SMILES string of the molecule is Fc1c(OCC2CCC(S)CC2)cc2c(c1F)OCCC2. The van der Waals surface area contributed by atoms with E-state index in [0.29, 0.717) is 36.4 Å². The molecule has 5 heteroatoms. The molecule has 2 nitrogen and oxygen atoms in total. The highest BCUT2D eigenvalue weighted by molar-refractivity contribution is 7.80. The van der Waals surface area contributed by atoms with Gasteiger partial charge in [-0.05, 0) is 50.5 Å². The van der Waals surface area contributed by atoms with E-state index in [1.165, 1.54) is 0 Å². The molecule has 0 radical (unpaired) electrons. The van der Waals surface area contributed by atoms with Gasteiger partial charge in [-0.1, -0.05) is 0 Å². The Morgan fingerprint density at radius 1 is 1.19 bits per heavy atom. The van der Waals surface area contributed by atoms with Crippen molar-refractivity contribution in [3.8, 4) is 11.5 Å². The van der Waals surface area contributed by atoms with Gasteiger partial charge in [-0.25, -0.2) is 0 Å². The van der Waals surface area contributed by atoms with Crippen LogP contribution < -0.4 is 9.47 Å². The van der Waals surface area contributed by atoms with E-state index in [1.54, 1.807) is 6.07 Å². The van der Waals surface area contributed by atoms with Crippen LogP contribution in [0.2, 0.25) is 0 Å². The van der Waals surface area contributed by atoms with Crippen LogP contribution >= 0.6 is 12.6 Å². The van der Waals surface area contributed by atoms with Crippen LogP contribution in [0.3, 0.4) is 0 Å². The molecule has 116 valence electrons. The number of fused-ring (bicyclic) bond motifs is 1. The second-order valence-corrected chi connectivity index (χ2v) is 6.66. The van der Waals surface area contributed by atoms with Gasteiger partial charge in [0, 0.05) is 10.8 Å². The zero-order valence-electron chi connectivity index (χ0n) is 11.9. The van der Waals surface area contributed by atoms with Crippen LogP contribution in [0.5, 0.6) is 11.5 Å². The fraction of sp³-hybridized carbons (Fsp3) is 0.625. The molecule has 0 saturated heterocycles. The van der Waals surface area contributed by atoms with Gasteiger partial charge < -0.3 is 9.47 Å². The van der Waals surface area contributed by atoms with Crippen molar-refractivity contribution < 1.29 is 18.3 Å². The third kappa shape index (κ3) is 3.28. The van der Waals surface area contributed by atoms with Crippen LogP contribution in [0.4, 0.5) is 8.78 Å². The molecule has 0 aromatic heterocycles. The molecule has 1 aromatic carbocycles. The van der Waals surface area contributed by atoms with E-state index < -0.39 is 11.6 Å². The van der Waals surface area contributed by atoms with Crippen LogP contribution in [0, 0.1) is 17.6 Å². The Morgan fingerprint density at radius 2 is 1.95 bits per heavy atom. The van der Waals surface area contributed by atoms with Gasteiger partial charge >= 0.3 is 0 Å². The minimum Gasteiger partial charge on any atom is -0.490 e. The zero-order chi connectivity index (χ0) is 14.8. The molecule has 0 unspecified atom stereocenters. The zero-order valence-corrected chi connectivity index (χ0v) is 12.8. The van der Waals surface area contributed by atoms with E-state index >= 15 is 0 Å². The molecule has 1 aliphatic carbocycles. The van der Waals surface area contributed by atoms with Crippen molar-refractivity contribution in [3.63, 3.8) is 0 Å². The quantitative estimate of drug-likeness (QED) is 0.845. The minimum absolute atomic E-state index is 0.0183. The van der Waals surface area contributed by atoms with Crippen LogP contribution in [0.15, 0.2) is 6.07 Å². The summed E-state index contributed by atoms with van der Waals surface area (Å²) in [6, 6.07) is 1.59. The lowest BCUT2D eigenvalue weighted by molar-refractivity contribution is 0.199. The topological polar surface area (TPSA) is 18.5 Å². The van der Waals surface area contributed by atoms with Crippen LogP contribution in [0.25, 0.3) is 0 Å². The Kier molecular flexibility index (Phi) is 4.57. The first-order chi connectivity index (χ1) is 10.1. The number of thiol groups is 1. The Balaban J connectivity index is 1.69. The van der Waals surface area contributed by atoms with Gasteiger partial charge in [-0.2, -0.15) is 21.4 Å². The molecular formula is C16H20F2O2S. The van der Waals surface area contributed by atoms with Gasteiger partial charge in [0.15, 0.2) is 11.5 Å². The molecule has 1 fully saturated rings. The van der Waals surface area contributed by atoms with E-state index in [2.05, 4.69) is 12.6 Å². The average Bonchev–Trinajstić information content (AvgIpc) is 2.51. The number of aryl methyl sites for hydroxylation is 1. The molecule has 1 aliphatic heterocycles. The highest BCUT2D eigenvalue weighted by Crippen LogP contribution is 2.36. The van der Waals surface area contributed by atoms with E-state index in [0.717, 1.165) is 32.1 Å². The Hall–Kier alpha value is -0.970. The van der Waals surface area contributed by atoms with Crippen molar-refractivity contribution in [1.82, 2.24) is 0 Å². The fourth-order valence-electron chi connectivity index (χ4n) is 3.04. The van der Waals surface area contributed by atoms with Gasteiger partial charge in [-0.3, -0.25) is 0 Å². The Morgan fingerprint density at radius 3 is 2.71 bits per heavy atom. The third-order valence-electron chi connectivity index (χ3n) is 4.33. The van der Waals surface area contributed by atoms with E-state index in [-0.39, 0.29) is 11.5 Å². The molecular weight excluding hydrogens is 294 g/mol. The molecule has 1 aromatic rings. The maximum Gasteiger partial charge on any atom is 0.204 e. The molecule has 21 heavy (non-hydrogen) atoms. The van der Waals surface area contributed by atoms with Crippen LogP contribution in [0.1, 0.15) is 37.7 Å². The highest BCUT2D eigenvalue weighted by atomic mass is 32.1. The summed E-state index contributed by atoms with van der Waals surface area (Å²) >= 11 is 4.46. The monoisotopic (exact) mass is 314 g/mol. The first kappa shape index (κ1) is 14.9. The molecule has 1 saturated carbocycles. The van der Waals surface area contributed by atoms with Gasteiger partial charge in [0.1, 0.15) is 0 Å². The molecule has 0 spiro atoms.